The molecule has 0 amide bonds. The molecule has 0 aliphatic rings. The number of carbonyl (C=O) groups excluding carboxylic acids is 1. The Hall–Kier alpha value is -2.06. The Morgan fingerprint density at radius 2 is 2.00 bits per heavy atom. The molecule has 8 heteroatoms. The largest absolute Gasteiger partial charge is 0.465 e. The number of aromatic nitrogens is 3. The van der Waals surface area contributed by atoms with Gasteiger partial charge in [0.2, 0.25) is 0 Å². The number of anilines is 1. The van der Waals surface area contributed by atoms with E-state index < -0.39 is 0 Å². The van der Waals surface area contributed by atoms with Crippen molar-refractivity contribution < 1.29 is 9.53 Å². The molecule has 126 valence electrons. The van der Waals surface area contributed by atoms with Gasteiger partial charge >= 0.3 is 5.97 Å². The minimum absolute atomic E-state index is 0.0158. The fourth-order valence-electron chi connectivity index (χ4n) is 2.48. The van der Waals surface area contributed by atoms with Gasteiger partial charge < -0.3 is 10.1 Å². The lowest BCUT2D eigenvalue weighted by atomic mass is 10.2. The molecular formula is C16H18N4O2S2. The molecule has 0 saturated heterocycles. The van der Waals surface area contributed by atoms with Crippen LogP contribution in [0.2, 0.25) is 0 Å². The van der Waals surface area contributed by atoms with Gasteiger partial charge in [0.25, 0.3) is 0 Å². The molecule has 6 nitrogen and oxygen atoms in total. The van der Waals surface area contributed by atoms with Gasteiger partial charge in [-0.3, -0.25) is 0 Å². The van der Waals surface area contributed by atoms with E-state index in [9.17, 15) is 4.79 Å². The normalized spacial score (nSPS) is 12.4. The highest BCUT2D eigenvalue weighted by Gasteiger charge is 2.21. The Kier molecular flexibility index (Phi) is 4.51. The minimum atomic E-state index is -0.345. The second-order valence-corrected chi connectivity index (χ2v) is 7.79. The van der Waals surface area contributed by atoms with Gasteiger partial charge in [-0.25, -0.2) is 19.7 Å². The van der Waals surface area contributed by atoms with Gasteiger partial charge in [0.15, 0.2) is 0 Å². The maximum absolute atomic E-state index is 12.0. The molecule has 0 spiro atoms. The van der Waals surface area contributed by atoms with Gasteiger partial charge in [-0.1, -0.05) is 0 Å². The fourth-order valence-corrected chi connectivity index (χ4v) is 4.40. The number of carbonyl (C=O) groups is 1. The van der Waals surface area contributed by atoms with E-state index in [0.29, 0.717) is 10.7 Å². The van der Waals surface area contributed by atoms with Crippen LogP contribution in [-0.4, -0.2) is 28.0 Å². The van der Waals surface area contributed by atoms with Crippen LogP contribution < -0.4 is 5.32 Å². The van der Waals surface area contributed by atoms with Crippen molar-refractivity contribution in [1.29, 1.82) is 0 Å². The Morgan fingerprint density at radius 3 is 2.62 bits per heavy atom. The molecular weight excluding hydrogens is 344 g/mol. The summed E-state index contributed by atoms with van der Waals surface area (Å²) in [6.45, 7) is 7.82. The lowest BCUT2D eigenvalue weighted by Crippen LogP contribution is -2.09. The number of nitrogens with one attached hydrogen (secondary N) is 1. The van der Waals surface area contributed by atoms with E-state index >= 15 is 0 Å². The van der Waals surface area contributed by atoms with E-state index in [1.807, 2.05) is 33.9 Å². The minimum Gasteiger partial charge on any atom is -0.465 e. The number of thiophene rings is 1. The molecule has 1 N–H and O–H groups in total. The first-order valence-electron chi connectivity index (χ1n) is 7.45. The zero-order valence-electron chi connectivity index (χ0n) is 14.1. The summed E-state index contributed by atoms with van der Waals surface area (Å²) < 4.78 is 4.86. The van der Waals surface area contributed by atoms with Crippen LogP contribution in [-0.2, 0) is 4.74 Å². The highest BCUT2D eigenvalue weighted by atomic mass is 32.1. The molecule has 0 saturated carbocycles. The molecule has 0 bridgehead atoms. The van der Waals surface area contributed by atoms with Crippen molar-refractivity contribution in [3.05, 3.63) is 32.3 Å². The van der Waals surface area contributed by atoms with Crippen LogP contribution in [0.4, 0.5) is 5.82 Å². The molecule has 3 aromatic rings. The summed E-state index contributed by atoms with van der Waals surface area (Å²) in [5, 5.41) is 5.28. The van der Waals surface area contributed by atoms with E-state index in [4.69, 9.17) is 4.74 Å². The van der Waals surface area contributed by atoms with Gasteiger partial charge in [-0.05, 0) is 33.3 Å². The van der Waals surface area contributed by atoms with Crippen molar-refractivity contribution in [1.82, 2.24) is 15.0 Å². The first kappa shape index (κ1) is 16.8. The predicted molar refractivity (Wildman–Crippen MR) is 97.1 cm³/mol. The Balaban J connectivity index is 2.06. The number of rotatable bonds is 4. The monoisotopic (exact) mass is 362 g/mol. The highest BCUT2D eigenvalue weighted by molar-refractivity contribution is 7.20. The smallest absolute Gasteiger partial charge is 0.348 e. The average Bonchev–Trinajstić information content (AvgIpc) is 3.10. The third-order valence-corrected chi connectivity index (χ3v) is 5.90. The first-order valence-corrected chi connectivity index (χ1v) is 9.09. The van der Waals surface area contributed by atoms with Crippen LogP contribution in [0.3, 0.4) is 0 Å². The molecule has 0 aromatic carbocycles. The number of hydrogen-bond acceptors (Lipinski definition) is 8. The van der Waals surface area contributed by atoms with Crippen molar-refractivity contribution in [2.75, 3.05) is 12.4 Å². The zero-order valence-corrected chi connectivity index (χ0v) is 15.8. The van der Waals surface area contributed by atoms with Crippen LogP contribution in [0.15, 0.2) is 6.20 Å². The number of esters is 1. The molecule has 3 heterocycles. The summed E-state index contributed by atoms with van der Waals surface area (Å²) in [4.78, 5) is 27.9. The van der Waals surface area contributed by atoms with Crippen molar-refractivity contribution in [2.24, 2.45) is 0 Å². The van der Waals surface area contributed by atoms with E-state index in [0.717, 1.165) is 26.6 Å². The number of thiazole rings is 1. The summed E-state index contributed by atoms with van der Waals surface area (Å²) in [5.74, 6) is 1.04. The molecule has 0 aliphatic carbocycles. The molecule has 0 radical (unpaired) electrons. The standard InChI is InChI=1S/C16H18N4O2S2/c1-7-6-17-14(23-7)9(3)18-13-11-8(2)12(16(21)22-5)24-15(11)20-10(4)19-13/h6,9H,1-5H3,(H,18,19,20). The number of methoxy groups -OCH3 is 1. The quantitative estimate of drug-likeness (QED) is 0.706. The van der Waals surface area contributed by atoms with Gasteiger partial charge in [-0.2, -0.15) is 0 Å². The van der Waals surface area contributed by atoms with E-state index in [-0.39, 0.29) is 12.0 Å². The van der Waals surface area contributed by atoms with Gasteiger partial charge in [0.1, 0.15) is 26.4 Å². The SMILES string of the molecule is COC(=O)c1sc2nc(C)nc(NC(C)c3ncc(C)s3)c2c1C. The third-order valence-electron chi connectivity index (χ3n) is 3.64. The topological polar surface area (TPSA) is 77.0 Å². The summed E-state index contributed by atoms with van der Waals surface area (Å²) in [6.07, 6.45) is 1.87. The highest BCUT2D eigenvalue weighted by Crippen LogP contribution is 2.35. The maximum Gasteiger partial charge on any atom is 0.348 e. The summed E-state index contributed by atoms with van der Waals surface area (Å²) in [7, 11) is 1.38. The molecule has 3 rings (SSSR count). The van der Waals surface area contributed by atoms with Crippen LogP contribution in [0.25, 0.3) is 10.2 Å². The van der Waals surface area contributed by atoms with Crippen molar-refractivity contribution in [2.45, 2.75) is 33.7 Å². The maximum atomic E-state index is 12.0. The second-order valence-electron chi connectivity index (χ2n) is 5.52. The van der Waals surface area contributed by atoms with E-state index in [1.165, 1.54) is 23.3 Å². The predicted octanol–water partition coefficient (Wildman–Crippen LogP) is 4.03. The lowest BCUT2D eigenvalue weighted by Gasteiger charge is -2.13. The summed E-state index contributed by atoms with van der Waals surface area (Å²) in [6, 6.07) is 0.0158. The van der Waals surface area contributed by atoms with E-state index in [1.54, 1.807) is 11.3 Å². The molecule has 3 aromatic heterocycles. The number of fused-ring (bicyclic) bond motifs is 1. The second kappa shape index (κ2) is 6.45. The molecule has 0 fully saturated rings. The van der Waals surface area contributed by atoms with Crippen LogP contribution in [0.1, 0.15) is 43.9 Å². The Bertz CT molecular complexity index is 916. The summed E-state index contributed by atoms with van der Waals surface area (Å²) in [5.41, 5.74) is 0.840. The van der Waals surface area contributed by atoms with Crippen molar-refractivity contribution in [3.63, 3.8) is 0 Å². The molecule has 1 unspecified atom stereocenters. The van der Waals surface area contributed by atoms with Crippen molar-refractivity contribution >= 4 is 44.7 Å². The van der Waals surface area contributed by atoms with E-state index in [2.05, 4.69) is 20.3 Å². The Morgan fingerprint density at radius 1 is 1.25 bits per heavy atom. The summed E-state index contributed by atoms with van der Waals surface area (Å²) >= 11 is 2.99. The van der Waals surface area contributed by atoms with Crippen LogP contribution >= 0.6 is 22.7 Å². The first-order chi connectivity index (χ1) is 11.4. The number of nitrogens with zero attached hydrogens (tertiary/aromatic N) is 3. The van der Waals surface area contributed by atoms with Gasteiger partial charge in [0.05, 0.1) is 18.5 Å². The number of ether oxygens (including phenoxy) is 1. The van der Waals surface area contributed by atoms with Gasteiger partial charge in [0, 0.05) is 11.1 Å². The lowest BCUT2D eigenvalue weighted by molar-refractivity contribution is 0.0605. The average molecular weight is 362 g/mol. The molecule has 0 aliphatic heterocycles. The van der Waals surface area contributed by atoms with Crippen LogP contribution in [0, 0.1) is 20.8 Å². The third kappa shape index (κ3) is 2.99. The zero-order chi connectivity index (χ0) is 17.4. The van der Waals surface area contributed by atoms with Crippen molar-refractivity contribution in [3.8, 4) is 0 Å². The number of aryl methyl sites for hydroxylation is 3. The van der Waals surface area contributed by atoms with Gasteiger partial charge in [-0.15, -0.1) is 22.7 Å². The Labute approximate surface area is 147 Å². The number of hydrogen-bond donors (Lipinski definition) is 1. The van der Waals surface area contributed by atoms with Crippen LogP contribution in [0.5, 0.6) is 0 Å². The fraction of sp³-hybridized carbons (Fsp3) is 0.375. The molecule has 1 atom stereocenters. The molecule has 24 heavy (non-hydrogen) atoms.